The van der Waals surface area contributed by atoms with E-state index in [1.54, 1.807) is 44.6 Å². The number of morpholine rings is 3. The van der Waals surface area contributed by atoms with Crippen LogP contribution in [0.2, 0.25) is 0 Å². The number of rotatable bonds is 12. The van der Waals surface area contributed by atoms with Crippen LogP contribution in [0.15, 0.2) is 0 Å². The predicted molar refractivity (Wildman–Crippen MR) is 159 cm³/mol. The molecule has 13 nitrogen and oxygen atoms in total. The van der Waals surface area contributed by atoms with Crippen molar-refractivity contribution in [3.63, 3.8) is 0 Å². The number of hydrogen-bond donors (Lipinski definition) is 0. The van der Waals surface area contributed by atoms with Gasteiger partial charge in [0.2, 0.25) is 0 Å². The van der Waals surface area contributed by atoms with Crippen LogP contribution in [-0.2, 0) is 37.1 Å². The third-order valence-electron chi connectivity index (χ3n) is 7.06. The first-order valence-corrected chi connectivity index (χ1v) is 16.8. The van der Waals surface area contributed by atoms with E-state index in [2.05, 4.69) is 4.90 Å². The van der Waals surface area contributed by atoms with E-state index in [-0.39, 0.29) is 43.4 Å². The Morgan fingerprint density at radius 3 is 1.46 bits per heavy atom. The molecule has 3 saturated heterocycles. The zero-order chi connectivity index (χ0) is 29.0. The van der Waals surface area contributed by atoms with Crippen molar-refractivity contribution >= 4 is 38.9 Å². The first-order valence-electron chi connectivity index (χ1n) is 13.8. The van der Waals surface area contributed by atoms with Crippen molar-refractivity contribution < 1.29 is 37.1 Å². The van der Waals surface area contributed by atoms with Gasteiger partial charge in [-0.05, 0) is 35.2 Å². The third-order valence-corrected chi connectivity index (χ3v) is 12.1. The highest BCUT2D eigenvalue weighted by Gasteiger charge is 2.44. The third kappa shape index (κ3) is 8.86. The molecule has 3 aliphatic rings. The van der Waals surface area contributed by atoms with E-state index in [0.717, 1.165) is 13.1 Å². The summed E-state index contributed by atoms with van der Waals surface area (Å²) in [5.74, 6) is 0. The molecule has 0 spiro atoms. The molecule has 0 aromatic carbocycles. The molecule has 0 N–H and O–H groups in total. The molecular weight excluding hydrogens is 545 g/mol. The molecule has 0 amide bonds. The molecule has 0 saturated carbocycles. The van der Waals surface area contributed by atoms with Crippen molar-refractivity contribution in [1.82, 2.24) is 23.6 Å². The Bertz CT molecular complexity index is 873. The summed E-state index contributed by atoms with van der Waals surface area (Å²) in [4.78, 5) is 2.20. The van der Waals surface area contributed by atoms with Gasteiger partial charge in [-0.3, -0.25) is 9.13 Å². The first-order chi connectivity index (χ1) is 18.3. The lowest BCUT2D eigenvalue weighted by Gasteiger charge is -2.44. The van der Waals surface area contributed by atoms with Crippen molar-refractivity contribution in [3.8, 4) is 0 Å². The standard InChI is InChI=1S/C21H48B3N5O8P2/c1-25(2)38(30,28-8-17(13-32-6)36-20(23)11-28)34-15-18-9-29(12-21(24)37-18)39(31,26(3)4)33-14-16-7-27(5)10-19(22)35-16/h16-21H,7-15,22-24H2,1-6H3. The molecule has 0 aromatic heterocycles. The highest BCUT2D eigenvalue weighted by atomic mass is 31.2. The van der Waals surface area contributed by atoms with Crippen molar-refractivity contribution in [2.75, 3.05) is 101 Å². The number of ether oxygens (including phenoxy) is 4. The Hall–Kier alpha value is 0.215. The molecule has 8 atom stereocenters. The van der Waals surface area contributed by atoms with Gasteiger partial charge in [0.15, 0.2) is 0 Å². The summed E-state index contributed by atoms with van der Waals surface area (Å²) in [6.45, 7) is 3.97. The van der Waals surface area contributed by atoms with E-state index in [1.165, 1.54) is 0 Å². The van der Waals surface area contributed by atoms with Crippen LogP contribution in [0.3, 0.4) is 0 Å². The number of methoxy groups -OCH3 is 1. The van der Waals surface area contributed by atoms with Crippen LogP contribution in [0, 0.1) is 0 Å². The molecule has 3 fully saturated rings. The van der Waals surface area contributed by atoms with Crippen LogP contribution < -0.4 is 0 Å². The highest BCUT2D eigenvalue weighted by Crippen LogP contribution is 2.55. The van der Waals surface area contributed by atoms with Crippen LogP contribution in [0.5, 0.6) is 0 Å². The van der Waals surface area contributed by atoms with Crippen molar-refractivity contribution in [2.45, 2.75) is 36.3 Å². The van der Waals surface area contributed by atoms with Gasteiger partial charge >= 0.3 is 15.3 Å². The Morgan fingerprint density at radius 2 is 1.08 bits per heavy atom. The highest BCUT2D eigenvalue weighted by molar-refractivity contribution is 7.54. The second-order valence-electron chi connectivity index (χ2n) is 11.4. The summed E-state index contributed by atoms with van der Waals surface area (Å²) in [5, 5.41) is 0. The van der Waals surface area contributed by atoms with Crippen LogP contribution >= 0.6 is 15.3 Å². The zero-order valence-electron chi connectivity index (χ0n) is 25.2. The van der Waals surface area contributed by atoms with Crippen LogP contribution in [0.1, 0.15) is 0 Å². The Balaban J connectivity index is 1.67. The molecule has 0 radical (unpaired) electrons. The molecule has 18 heteroatoms. The van der Waals surface area contributed by atoms with Crippen LogP contribution in [-0.4, -0.2) is 185 Å². The van der Waals surface area contributed by atoms with Gasteiger partial charge in [0.1, 0.15) is 23.5 Å². The zero-order valence-corrected chi connectivity index (χ0v) is 27.0. The minimum Gasteiger partial charge on any atom is -0.382 e. The first kappa shape index (κ1) is 33.7. The minimum atomic E-state index is -3.37. The molecule has 3 heterocycles. The number of nitrogens with zero attached hydrogens (tertiary/aromatic N) is 5. The fourth-order valence-electron chi connectivity index (χ4n) is 5.45. The van der Waals surface area contributed by atoms with Crippen LogP contribution in [0.25, 0.3) is 0 Å². The average Bonchev–Trinajstić information content (AvgIpc) is 2.84. The van der Waals surface area contributed by atoms with E-state index < -0.39 is 21.4 Å². The maximum atomic E-state index is 14.2. The lowest BCUT2D eigenvalue weighted by Crippen LogP contribution is -2.51. The quantitative estimate of drug-likeness (QED) is 0.178. The molecule has 224 valence electrons. The smallest absolute Gasteiger partial charge is 0.345 e. The van der Waals surface area contributed by atoms with E-state index in [1.807, 2.05) is 39.9 Å². The number of hydrogen-bond acceptors (Lipinski definition) is 9. The lowest BCUT2D eigenvalue weighted by molar-refractivity contribution is -0.0729. The fourth-order valence-corrected chi connectivity index (χ4v) is 9.62. The molecule has 0 aliphatic carbocycles. The summed E-state index contributed by atoms with van der Waals surface area (Å²) in [6.07, 6.45) is -0.797. The van der Waals surface area contributed by atoms with Gasteiger partial charge in [-0.25, -0.2) is 18.7 Å². The monoisotopic (exact) mass is 593 g/mol. The summed E-state index contributed by atoms with van der Waals surface area (Å²) in [5.41, 5.74) is 0. The predicted octanol–water partition coefficient (Wildman–Crippen LogP) is -2.38. The maximum Gasteiger partial charge on any atom is 0.345 e. The van der Waals surface area contributed by atoms with Crippen molar-refractivity contribution in [2.24, 2.45) is 0 Å². The molecule has 0 bridgehead atoms. The second-order valence-corrected chi connectivity index (χ2v) is 16.6. The van der Waals surface area contributed by atoms with Gasteiger partial charge in [0.05, 0.1) is 38.1 Å². The number of likely N-dealkylation sites (N-methyl/N-ethyl adjacent to an activating group) is 1. The molecule has 3 rings (SSSR count). The maximum absolute atomic E-state index is 14.2. The van der Waals surface area contributed by atoms with Gasteiger partial charge in [-0.2, -0.15) is 0 Å². The van der Waals surface area contributed by atoms with E-state index in [0.29, 0.717) is 32.8 Å². The van der Waals surface area contributed by atoms with E-state index >= 15 is 0 Å². The Labute approximate surface area is 237 Å². The topological polar surface area (TPSA) is 106 Å². The summed E-state index contributed by atoms with van der Waals surface area (Å²) in [6, 6.07) is -0.238. The van der Waals surface area contributed by atoms with E-state index in [4.69, 9.17) is 28.0 Å². The summed E-state index contributed by atoms with van der Waals surface area (Å²) in [7, 11) is 9.88. The van der Waals surface area contributed by atoms with Gasteiger partial charge in [-0.1, -0.05) is 0 Å². The average molecular weight is 593 g/mol. The summed E-state index contributed by atoms with van der Waals surface area (Å²) >= 11 is 0. The van der Waals surface area contributed by atoms with Gasteiger partial charge in [-0.15, -0.1) is 0 Å². The van der Waals surface area contributed by atoms with Crippen LogP contribution in [0.4, 0.5) is 0 Å². The second kappa shape index (κ2) is 14.6. The SMILES string of the molecule is BC1CN(C)CC(COP(=O)(N(C)C)N2CC(B)OC(COP(=O)(N(C)C)N3CC(B)OC(COC)C3)C2)O1. The van der Waals surface area contributed by atoms with E-state index in [9.17, 15) is 9.13 Å². The van der Waals surface area contributed by atoms with Gasteiger partial charge in [0.25, 0.3) is 0 Å². The minimum absolute atomic E-state index is 0.0818. The molecule has 0 aromatic rings. The Kier molecular flexibility index (Phi) is 12.6. The molecule has 3 aliphatic heterocycles. The molecule has 8 unspecified atom stereocenters. The van der Waals surface area contributed by atoms with Gasteiger partial charge in [0, 0.05) is 64.4 Å². The van der Waals surface area contributed by atoms with Crippen molar-refractivity contribution in [1.29, 1.82) is 0 Å². The van der Waals surface area contributed by atoms with Gasteiger partial charge < -0.3 is 32.9 Å². The largest absolute Gasteiger partial charge is 0.382 e. The molecule has 39 heavy (non-hydrogen) atoms. The summed E-state index contributed by atoms with van der Waals surface area (Å²) < 4.78 is 71.1. The normalized spacial score (nSPS) is 35.2. The lowest BCUT2D eigenvalue weighted by atomic mass is 9.98. The van der Waals surface area contributed by atoms with Crippen molar-refractivity contribution in [3.05, 3.63) is 0 Å². The Morgan fingerprint density at radius 1 is 0.692 bits per heavy atom. The molecular formula is C21H48B3N5O8P2. The fraction of sp³-hybridized carbons (Fsp3) is 1.00.